The third-order valence-electron chi connectivity index (χ3n) is 3.27. The van der Waals surface area contributed by atoms with E-state index in [1.165, 1.54) is 12.8 Å². The van der Waals surface area contributed by atoms with Gasteiger partial charge in [-0.15, -0.1) is 0 Å². The number of carbonyl (C=O) groups is 1. The van der Waals surface area contributed by atoms with Crippen molar-refractivity contribution < 1.29 is 4.79 Å². The number of amides is 1. The molecule has 0 radical (unpaired) electrons. The zero-order valence-corrected chi connectivity index (χ0v) is 10.1. The molecule has 1 fully saturated rings. The molecule has 1 unspecified atom stereocenters. The van der Waals surface area contributed by atoms with Crippen LogP contribution in [0.5, 0.6) is 0 Å². The Hall–Kier alpha value is -1.42. The van der Waals surface area contributed by atoms with Crippen molar-refractivity contribution in [1.82, 2.24) is 10.3 Å². The molecule has 3 N–H and O–H groups in total. The first-order chi connectivity index (χ1) is 8.16. The summed E-state index contributed by atoms with van der Waals surface area (Å²) < 4.78 is 0. The summed E-state index contributed by atoms with van der Waals surface area (Å²) in [6.07, 6.45) is 6.33. The van der Waals surface area contributed by atoms with Crippen LogP contribution in [0.2, 0.25) is 0 Å². The Morgan fingerprint density at radius 2 is 2.41 bits per heavy atom. The Morgan fingerprint density at radius 1 is 1.65 bits per heavy atom. The van der Waals surface area contributed by atoms with E-state index in [-0.39, 0.29) is 11.9 Å². The van der Waals surface area contributed by atoms with Crippen molar-refractivity contribution >= 4 is 5.91 Å². The van der Waals surface area contributed by atoms with Gasteiger partial charge < -0.3 is 11.1 Å². The molecule has 0 aromatic carbocycles. The molecule has 1 amide bonds. The number of pyridine rings is 1. The van der Waals surface area contributed by atoms with E-state index in [2.05, 4.69) is 10.3 Å². The number of nitrogens with two attached hydrogens (primary N) is 1. The molecule has 0 saturated heterocycles. The van der Waals surface area contributed by atoms with Gasteiger partial charge in [-0.1, -0.05) is 0 Å². The standard InChI is InChI=1S/C13H19N3O/c1-9-4-5-15-7-11(9)8-16-13(17)6-12(14)10-2-3-10/h4-5,7,10,12H,2-3,6,8,14H2,1H3,(H,16,17). The molecular formula is C13H19N3O. The maximum Gasteiger partial charge on any atom is 0.221 e. The Labute approximate surface area is 102 Å². The van der Waals surface area contributed by atoms with E-state index in [9.17, 15) is 4.79 Å². The maximum absolute atomic E-state index is 11.7. The number of nitrogens with zero attached hydrogens (tertiary/aromatic N) is 1. The van der Waals surface area contributed by atoms with Crippen LogP contribution in [0.15, 0.2) is 18.5 Å². The van der Waals surface area contributed by atoms with Crippen molar-refractivity contribution in [2.24, 2.45) is 11.7 Å². The quantitative estimate of drug-likeness (QED) is 0.801. The molecule has 4 nitrogen and oxygen atoms in total. The summed E-state index contributed by atoms with van der Waals surface area (Å²) >= 11 is 0. The highest BCUT2D eigenvalue weighted by molar-refractivity contribution is 5.76. The van der Waals surface area contributed by atoms with Crippen LogP contribution in [0.3, 0.4) is 0 Å². The van der Waals surface area contributed by atoms with Crippen molar-refractivity contribution in [2.75, 3.05) is 0 Å². The minimum Gasteiger partial charge on any atom is -0.352 e. The third-order valence-corrected chi connectivity index (χ3v) is 3.27. The van der Waals surface area contributed by atoms with E-state index < -0.39 is 0 Å². The minimum absolute atomic E-state index is 0.0324. The van der Waals surface area contributed by atoms with Crippen LogP contribution < -0.4 is 11.1 Å². The molecule has 1 saturated carbocycles. The highest BCUT2D eigenvalue weighted by atomic mass is 16.1. The second-order valence-corrected chi connectivity index (χ2v) is 4.78. The lowest BCUT2D eigenvalue weighted by Crippen LogP contribution is -2.32. The number of carbonyl (C=O) groups excluding carboxylic acids is 1. The predicted molar refractivity (Wildman–Crippen MR) is 66.1 cm³/mol. The molecule has 4 heteroatoms. The van der Waals surface area contributed by atoms with Crippen molar-refractivity contribution in [3.8, 4) is 0 Å². The van der Waals surface area contributed by atoms with Gasteiger partial charge in [-0.25, -0.2) is 0 Å². The number of rotatable bonds is 5. The Balaban J connectivity index is 1.77. The summed E-state index contributed by atoms with van der Waals surface area (Å²) in [5.74, 6) is 0.605. The van der Waals surface area contributed by atoms with Crippen LogP contribution in [0, 0.1) is 12.8 Å². The van der Waals surface area contributed by atoms with E-state index in [1.54, 1.807) is 12.4 Å². The van der Waals surface area contributed by atoms with E-state index in [4.69, 9.17) is 5.73 Å². The average molecular weight is 233 g/mol. The molecule has 1 heterocycles. The number of aryl methyl sites for hydroxylation is 1. The van der Waals surface area contributed by atoms with Gasteiger partial charge in [0.05, 0.1) is 0 Å². The summed E-state index contributed by atoms with van der Waals surface area (Å²) in [5, 5.41) is 2.89. The van der Waals surface area contributed by atoms with Gasteiger partial charge in [-0.3, -0.25) is 9.78 Å². The van der Waals surface area contributed by atoms with Gasteiger partial charge in [0.25, 0.3) is 0 Å². The molecule has 1 atom stereocenters. The van der Waals surface area contributed by atoms with E-state index in [1.807, 2.05) is 13.0 Å². The molecule has 1 aromatic heterocycles. The van der Waals surface area contributed by atoms with Gasteiger partial charge in [0.15, 0.2) is 0 Å². The van der Waals surface area contributed by atoms with Gasteiger partial charge in [0, 0.05) is 31.4 Å². The summed E-state index contributed by atoms with van der Waals surface area (Å²) in [4.78, 5) is 15.7. The fraction of sp³-hybridized carbons (Fsp3) is 0.538. The fourth-order valence-electron chi connectivity index (χ4n) is 1.85. The van der Waals surface area contributed by atoms with Gasteiger partial charge in [0.2, 0.25) is 5.91 Å². The molecule has 1 aliphatic rings. The van der Waals surface area contributed by atoms with Crippen molar-refractivity contribution in [3.63, 3.8) is 0 Å². The molecule has 1 aliphatic carbocycles. The van der Waals surface area contributed by atoms with Crippen molar-refractivity contribution in [2.45, 2.75) is 38.8 Å². The van der Waals surface area contributed by atoms with Gasteiger partial charge in [0.1, 0.15) is 0 Å². The minimum atomic E-state index is 0.0324. The van der Waals surface area contributed by atoms with Crippen LogP contribution in [-0.4, -0.2) is 16.9 Å². The zero-order chi connectivity index (χ0) is 12.3. The molecule has 1 aromatic rings. The number of hydrogen-bond acceptors (Lipinski definition) is 3. The van der Waals surface area contributed by atoms with E-state index >= 15 is 0 Å². The van der Waals surface area contributed by atoms with Gasteiger partial charge >= 0.3 is 0 Å². The number of nitrogens with one attached hydrogen (secondary N) is 1. The molecule has 17 heavy (non-hydrogen) atoms. The Kier molecular flexibility index (Phi) is 3.74. The highest BCUT2D eigenvalue weighted by Crippen LogP contribution is 2.32. The molecule has 0 bridgehead atoms. The van der Waals surface area contributed by atoms with Crippen LogP contribution in [0.4, 0.5) is 0 Å². The lowest BCUT2D eigenvalue weighted by atomic mass is 10.1. The van der Waals surface area contributed by atoms with Crippen LogP contribution in [0.25, 0.3) is 0 Å². The smallest absolute Gasteiger partial charge is 0.221 e. The summed E-state index contributed by atoms with van der Waals surface area (Å²) in [6, 6.07) is 1.97. The number of hydrogen-bond donors (Lipinski definition) is 2. The summed E-state index contributed by atoms with van der Waals surface area (Å²) in [7, 11) is 0. The van der Waals surface area contributed by atoms with Gasteiger partial charge in [-0.2, -0.15) is 0 Å². The molecular weight excluding hydrogens is 214 g/mol. The first kappa shape index (κ1) is 12.0. The average Bonchev–Trinajstić information content (AvgIpc) is 3.11. The molecule has 0 spiro atoms. The third kappa shape index (κ3) is 3.53. The van der Waals surface area contributed by atoms with Crippen LogP contribution in [-0.2, 0) is 11.3 Å². The molecule has 2 rings (SSSR count). The number of aromatic nitrogens is 1. The molecule has 92 valence electrons. The normalized spacial score (nSPS) is 16.6. The second kappa shape index (κ2) is 5.27. The lowest BCUT2D eigenvalue weighted by molar-refractivity contribution is -0.121. The van der Waals surface area contributed by atoms with Crippen LogP contribution >= 0.6 is 0 Å². The Bertz CT molecular complexity index is 401. The van der Waals surface area contributed by atoms with E-state index in [0.29, 0.717) is 18.9 Å². The molecule has 0 aliphatic heterocycles. The monoisotopic (exact) mass is 233 g/mol. The fourth-order valence-corrected chi connectivity index (χ4v) is 1.85. The summed E-state index contributed by atoms with van der Waals surface area (Å²) in [6.45, 7) is 2.55. The van der Waals surface area contributed by atoms with Gasteiger partial charge in [-0.05, 0) is 42.9 Å². The predicted octanol–water partition coefficient (Wildman–Crippen LogP) is 1.13. The second-order valence-electron chi connectivity index (χ2n) is 4.78. The Morgan fingerprint density at radius 3 is 3.06 bits per heavy atom. The maximum atomic E-state index is 11.7. The van der Waals surface area contributed by atoms with E-state index in [0.717, 1.165) is 11.1 Å². The lowest BCUT2D eigenvalue weighted by Gasteiger charge is -2.11. The topological polar surface area (TPSA) is 68.0 Å². The largest absolute Gasteiger partial charge is 0.352 e. The first-order valence-electron chi connectivity index (χ1n) is 6.08. The zero-order valence-electron chi connectivity index (χ0n) is 10.1. The summed E-state index contributed by atoms with van der Waals surface area (Å²) in [5.41, 5.74) is 8.11. The van der Waals surface area contributed by atoms with Crippen LogP contribution in [0.1, 0.15) is 30.4 Å². The first-order valence-corrected chi connectivity index (χ1v) is 6.08. The van der Waals surface area contributed by atoms with Crippen molar-refractivity contribution in [1.29, 1.82) is 0 Å². The highest BCUT2D eigenvalue weighted by Gasteiger charge is 2.29. The van der Waals surface area contributed by atoms with Crippen molar-refractivity contribution in [3.05, 3.63) is 29.6 Å². The SMILES string of the molecule is Cc1ccncc1CNC(=O)CC(N)C1CC1.